The minimum absolute atomic E-state index is 0.879. The van der Waals surface area contributed by atoms with Gasteiger partial charge in [-0.1, -0.05) is 72.8 Å². The molecule has 0 radical (unpaired) electrons. The maximum atomic E-state index is 2.49. The number of pyridine rings is 1. The summed E-state index contributed by atoms with van der Waals surface area (Å²) in [6.07, 6.45) is 8.28. The summed E-state index contributed by atoms with van der Waals surface area (Å²) in [7, 11) is 4.18. The molecular formula is C33H31N2+. The van der Waals surface area contributed by atoms with Crippen LogP contribution in [-0.2, 0) is 13.0 Å². The van der Waals surface area contributed by atoms with Crippen molar-refractivity contribution < 1.29 is 4.57 Å². The van der Waals surface area contributed by atoms with E-state index in [4.69, 9.17) is 0 Å². The number of hydrogen-bond acceptors (Lipinski definition) is 1. The van der Waals surface area contributed by atoms with E-state index >= 15 is 0 Å². The Kier molecular flexibility index (Phi) is 5.58. The van der Waals surface area contributed by atoms with E-state index in [1.807, 2.05) is 0 Å². The molecule has 1 aliphatic carbocycles. The summed E-state index contributed by atoms with van der Waals surface area (Å²) in [5, 5.41) is 3.99. The van der Waals surface area contributed by atoms with Gasteiger partial charge in [0, 0.05) is 36.5 Å². The van der Waals surface area contributed by atoms with Crippen LogP contribution in [0.3, 0.4) is 0 Å². The third-order valence-corrected chi connectivity index (χ3v) is 7.25. The van der Waals surface area contributed by atoms with Crippen LogP contribution in [0.2, 0.25) is 0 Å². The van der Waals surface area contributed by atoms with Crippen LogP contribution in [0.15, 0.2) is 97.2 Å². The van der Waals surface area contributed by atoms with E-state index in [9.17, 15) is 0 Å². The largest absolute Gasteiger partial charge is 0.378 e. The van der Waals surface area contributed by atoms with Gasteiger partial charge in [-0.15, -0.1) is 0 Å². The summed E-state index contributed by atoms with van der Waals surface area (Å²) in [5.74, 6) is 0. The average molecular weight is 456 g/mol. The first kappa shape index (κ1) is 21.6. The quantitative estimate of drug-likeness (QED) is 0.204. The fourth-order valence-corrected chi connectivity index (χ4v) is 5.54. The van der Waals surface area contributed by atoms with Crippen molar-refractivity contribution in [2.24, 2.45) is 0 Å². The standard InChI is InChI=1S/C33H31N2/c1-34(2)29-18-15-24(16-19-29)21-27-12-8-13-28-23-35(22-25-9-4-3-5-10-25)33-30-14-7-6-11-26(30)17-20-31(33)32(27)28/h3-7,9-11,14-21,23H,8,12-13,22H2,1-2H3/q+1. The van der Waals surface area contributed by atoms with Crippen LogP contribution in [-0.4, -0.2) is 14.1 Å². The zero-order valence-electron chi connectivity index (χ0n) is 20.5. The Morgan fingerprint density at radius 2 is 1.54 bits per heavy atom. The first-order valence-electron chi connectivity index (χ1n) is 12.6. The summed E-state index contributed by atoms with van der Waals surface area (Å²) < 4.78 is 2.49. The zero-order chi connectivity index (χ0) is 23.8. The molecule has 1 aromatic heterocycles. The summed E-state index contributed by atoms with van der Waals surface area (Å²) in [4.78, 5) is 2.15. The number of fused-ring (bicyclic) bond motifs is 5. The monoisotopic (exact) mass is 455 g/mol. The zero-order valence-corrected chi connectivity index (χ0v) is 20.5. The van der Waals surface area contributed by atoms with Gasteiger partial charge in [0.05, 0.1) is 10.8 Å². The van der Waals surface area contributed by atoms with Crippen LogP contribution in [0.25, 0.3) is 33.3 Å². The summed E-state index contributed by atoms with van der Waals surface area (Å²) >= 11 is 0. The van der Waals surface area contributed by atoms with Gasteiger partial charge in [-0.05, 0) is 60.1 Å². The second-order valence-corrected chi connectivity index (χ2v) is 9.83. The average Bonchev–Trinajstić information content (AvgIpc) is 2.89. The molecule has 1 aliphatic rings. The molecule has 0 unspecified atom stereocenters. The molecule has 6 rings (SSSR count). The predicted molar refractivity (Wildman–Crippen MR) is 149 cm³/mol. The van der Waals surface area contributed by atoms with Gasteiger partial charge in [0.25, 0.3) is 0 Å². The fraction of sp³-hybridized carbons (Fsp3) is 0.182. The van der Waals surface area contributed by atoms with Crippen molar-refractivity contribution in [2.75, 3.05) is 19.0 Å². The number of hydrogen-bond donors (Lipinski definition) is 0. The third-order valence-electron chi connectivity index (χ3n) is 7.25. The lowest BCUT2D eigenvalue weighted by molar-refractivity contribution is -0.662. The molecule has 0 fully saturated rings. The third kappa shape index (κ3) is 4.10. The van der Waals surface area contributed by atoms with Gasteiger partial charge in [-0.2, -0.15) is 4.57 Å². The predicted octanol–water partition coefficient (Wildman–Crippen LogP) is 7.27. The molecule has 0 spiro atoms. The number of nitrogens with zero attached hydrogens (tertiary/aromatic N) is 2. The van der Waals surface area contributed by atoms with Crippen molar-refractivity contribution in [3.63, 3.8) is 0 Å². The molecule has 0 amide bonds. The van der Waals surface area contributed by atoms with Gasteiger partial charge < -0.3 is 4.90 Å². The van der Waals surface area contributed by atoms with Crippen molar-refractivity contribution in [1.82, 2.24) is 0 Å². The summed E-state index contributed by atoms with van der Waals surface area (Å²) in [5.41, 5.74) is 9.53. The van der Waals surface area contributed by atoms with Gasteiger partial charge in [0.2, 0.25) is 5.52 Å². The van der Waals surface area contributed by atoms with Gasteiger partial charge in [-0.3, -0.25) is 0 Å². The van der Waals surface area contributed by atoms with Gasteiger partial charge in [0.15, 0.2) is 12.7 Å². The number of benzene rings is 4. The molecule has 1 heterocycles. The maximum absolute atomic E-state index is 2.49. The molecular weight excluding hydrogens is 424 g/mol. The van der Waals surface area contributed by atoms with E-state index < -0.39 is 0 Å². The number of aromatic nitrogens is 1. The highest BCUT2D eigenvalue weighted by Gasteiger charge is 2.25. The summed E-state index contributed by atoms with van der Waals surface area (Å²) in [6, 6.07) is 33.2. The normalized spacial score (nSPS) is 14.4. The van der Waals surface area contributed by atoms with Crippen molar-refractivity contribution in [3.05, 3.63) is 119 Å². The van der Waals surface area contributed by atoms with Gasteiger partial charge in [-0.25, -0.2) is 0 Å². The van der Waals surface area contributed by atoms with Crippen LogP contribution in [0, 0.1) is 0 Å². The molecule has 0 bridgehead atoms. The number of anilines is 1. The maximum Gasteiger partial charge on any atom is 0.221 e. The van der Waals surface area contributed by atoms with E-state index in [2.05, 4.69) is 127 Å². The van der Waals surface area contributed by atoms with Crippen LogP contribution >= 0.6 is 0 Å². The number of allylic oxidation sites excluding steroid dienone is 1. The smallest absolute Gasteiger partial charge is 0.221 e. The highest BCUT2D eigenvalue weighted by molar-refractivity contribution is 6.08. The molecule has 0 saturated carbocycles. The number of rotatable bonds is 4. The molecule has 0 aliphatic heterocycles. The summed E-state index contributed by atoms with van der Waals surface area (Å²) in [6.45, 7) is 0.879. The highest BCUT2D eigenvalue weighted by Crippen LogP contribution is 2.38. The van der Waals surface area contributed by atoms with Crippen molar-refractivity contribution in [3.8, 4) is 0 Å². The minimum atomic E-state index is 0.879. The fourth-order valence-electron chi connectivity index (χ4n) is 5.54. The molecule has 4 aromatic carbocycles. The molecule has 0 saturated heterocycles. The Morgan fingerprint density at radius 3 is 2.34 bits per heavy atom. The van der Waals surface area contributed by atoms with Crippen LogP contribution in [0.1, 0.15) is 35.1 Å². The Hall–Kier alpha value is -3.91. The van der Waals surface area contributed by atoms with Crippen LogP contribution in [0.5, 0.6) is 0 Å². The molecule has 35 heavy (non-hydrogen) atoms. The minimum Gasteiger partial charge on any atom is -0.378 e. The molecule has 2 heteroatoms. The SMILES string of the molecule is CN(C)c1ccc(/C=C2/CCCc3c[n+](Cc4ccccc4)c4c(ccc5ccccc54)c32)cc1. The van der Waals surface area contributed by atoms with Crippen molar-refractivity contribution in [1.29, 1.82) is 0 Å². The van der Waals surface area contributed by atoms with Crippen LogP contribution in [0.4, 0.5) is 5.69 Å². The van der Waals surface area contributed by atoms with E-state index in [1.54, 1.807) is 0 Å². The number of aryl methyl sites for hydroxylation is 1. The topological polar surface area (TPSA) is 7.12 Å². The Morgan fingerprint density at radius 1 is 0.771 bits per heavy atom. The van der Waals surface area contributed by atoms with Gasteiger partial charge >= 0.3 is 0 Å². The lowest BCUT2D eigenvalue weighted by Gasteiger charge is -2.21. The van der Waals surface area contributed by atoms with E-state index in [1.165, 1.54) is 61.6 Å². The Balaban J connectivity index is 1.57. The Labute approximate surface area is 207 Å². The van der Waals surface area contributed by atoms with Gasteiger partial charge in [0.1, 0.15) is 0 Å². The lowest BCUT2D eigenvalue weighted by atomic mass is 9.84. The highest BCUT2D eigenvalue weighted by atomic mass is 15.1. The second kappa shape index (κ2) is 9.03. The lowest BCUT2D eigenvalue weighted by Crippen LogP contribution is -2.36. The molecule has 0 atom stereocenters. The molecule has 2 nitrogen and oxygen atoms in total. The van der Waals surface area contributed by atoms with Crippen molar-refractivity contribution >= 4 is 39.0 Å². The first-order valence-corrected chi connectivity index (χ1v) is 12.6. The van der Waals surface area contributed by atoms with E-state index in [0.717, 1.165) is 19.4 Å². The van der Waals surface area contributed by atoms with Crippen molar-refractivity contribution in [2.45, 2.75) is 25.8 Å². The second-order valence-electron chi connectivity index (χ2n) is 9.83. The molecule has 0 N–H and O–H groups in total. The molecule has 5 aromatic rings. The first-order chi connectivity index (χ1) is 17.2. The Bertz CT molecular complexity index is 1540. The van der Waals surface area contributed by atoms with E-state index in [0.29, 0.717) is 0 Å². The van der Waals surface area contributed by atoms with Crippen LogP contribution < -0.4 is 9.47 Å². The van der Waals surface area contributed by atoms with E-state index in [-0.39, 0.29) is 0 Å². The molecule has 172 valence electrons.